The first kappa shape index (κ1) is 20.6. The molecule has 0 fully saturated rings. The maximum absolute atomic E-state index is 12.5. The number of carbonyl (C=O) groups excluding carboxylic acids is 1. The van der Waals surface area contributed by atoms with Crippen molar-refractivity contribution in [3.05, 3.63) is 69.1 Å². The van der Waals surface area contributed by atoms with E-state index in [0.717, 1.165) is 14.9 Å². The van der Waals surface area contributed by atoms with Gasteiger partial charge in [-0.15, -0.1) is 10.2 Å². The first-order valence-corrected chi connectivity index (χ1v) is 11.2. The average Bonchev–Trinajstić information content (AvgIpc) is 3.09. The number of rotatable bonds is 6. The van der Waals surface area contributed by atoms with Gasteiger partial charge in [0.05, 0.1) is 4.90 Å². The van der Waals surface area contributed by atoms with Crippen LogP contribution in [0.4, 0.5) is 5.13 Å². The fraction of sp³-hybridized carbons (Fsp3) is 0.167. The monoisotopic (exact) mass is 480 g/mol. The van der Waals surface area contributed by atoms with Crippen LogP contribution in [-0.2, 0) is 16.4 Å². The van der Waals surface area contributed by atoms with Gasteiger partial charge in [0.25, 0.3) is 5.91 Å². The van der Waals surface area contributed by atoms with E-state index >= 15 is 0 Å². The van der Waals surface area contributed by atoms with Gasteiger partial charge in [-0.1, -0.05) is 41.7 Å². The van der Waals surface area contributed by atoms with Gasteiger partial charge in [-0.2, -0.15) is 0 Å². The molecule has 1 aromatic heterocycles. The lowest BCUT2D eigenvalue weighted by atomic mass is 10.2. The second-order valence-corrected chi connectivity index (χ2v) is 10.1. The van der Waals surface area contributed by atoms with Gasteiger partial charge in [0.2, 0.25) is 15.2 Å². The molecule has 0 spiro atoms. The largest absolute Gasteiger partial charge is 0.296 e. The number of nitrogens with zero attached hydrogens (tertiary/aromatic N) is 3. The molecule has 0 saturated heterocycles. The lowest BCUT2D eigenvalue weighted by Crippen LogP contribution is -2.23. The van der Waals surface area contributed by atoms with Crippen molar-refractivity contribution >= 4 is 48.3 Å². The maximum Gasteiger partial charge on any atom is 0.257 e. The Morgan fingerprint density at radius 3 is 2.54 bits per heavy atom. The van der Waals surface area contributed by atoms with Crippen LogP contribution in [0.1, 0.15) is 20.9 Å². The van der Waals surface area contributed by atoms with Crippen LogP contribution < -0.4 is 5.32 Å². The van der Waals surface area contributed by atoms with Crippen LogP contribution in [0.3, 0.4) is 0 Å². The van der Waals surface area contributed by atoms with Crippen LogP contribution in [-0.4, -0.2) is 42.9 Å². The molecule has 0 unspecified atom stereocenters. The molecule has 0 bridgehead atoms. The second-order valence-electron chi connectivity index (χ2n) is 6.05. The molecule has 2 aromatic carbocycles. The number of nitrogens with one attached hydrogen (secondary N) is 1. The van der Waals surface area contributed by atoms with Gasteiger partial charge in [-0.3, -0.25) is 10.1 Å². The zero-order valence-electron chi connectivity index (χ0n) is 15.1. The summed E-state index contributed by atoms with van der Waals surface area (Å²) in [6, 6.07) is 14.2. The lowest BCUT2D eigenvalue weighted by Gasteiger charge is -2.13. The summed E-state index contributed by atoms with van der Waals surface area (Å²) in [6.45, 7) is 0. The SMILES string of the molecule is CN(C)S(=O)(=O)c1cc(C(=O)Nc2nnc(Cc3ccccc3)s2)ccc1Br. The van der Waals surface area contributed by atoms with Crippen molar-refractivity contribution in [3.63, 3.8) is 0 Å². The molecular weight excluding hydrogens is 464 g/mol. The molecule has 3 rings (SSSR count). The predicted molar refractivity (Wildman–Crippen MR) is 112 cm³/mol. The zero-order valence-corrected chi connectivity index (χ0v) is 18.3. The molecule has 146 valence electrons. The fourth-order valence-electron chi connectivity index (χ4n) is 2.35. The predicted octanol–water partition coefficient (Wildman–Crippen LogP) is 3.39. The molecule has 1 N–H and O–H groups in total. The minimum atomic E-state index is -3.69. The molecule has 7 nitrogen and oxygen atoms in total. The summed E-state index contributed by atoms with van der Waals surface area (Å²) in [4.78, 5) is 12.6. The summed E-state index contributed by atoms with van der Waals surface area (Å²) in [5, 5.41) is 11.9. The maximum atomic E-state index is 12.5. The third-order valence-corrected chi connectivity index (χ3v) is 7.49. The van der Waals surface area contributed by atoms with Crippen molar-refractivity contribution in [1.29, 1.82) is 0 Å². The van der Waals surface area contributed by atoms with Crippen molar-refractivity contribution in [2.75, 3.05) is 19.4 Å². The summed E-state index contributed by atoms with van der Waals surface area (Å²) in [5.41, 5.74) is 1.31. The summed E-state index contributed by atoms with van der Waals surface area (Å²) in [6.07, 6.45) is 0.623. The number of hydrogen-bond donors (Lipinski definition) is 1. The molecular formula is C18H17BrN4O3S2. The highest BCUT2D eigenvalue weighted by molar-refractivity contribution is 9.10. The molecule has 0 atom stereocenters. The van der Waals surface area contributed by atoms with Gasteiger partial charge in [0.1, 0.15) is 5.01 Å². The molecule has 1 amide bonds. The van der Waals surface area contributed by atoms with Crippen LogP contribution in [0.2, 0.25) is 0 Å². The number of sulfonamides is 1. The van der Waals surface area contributed by atoms with Crippen molar-refractivity contribution in [2.24, 2.45) is 0 Å². The first-order chi connectivity index (χ1) is 13.3. The van der Waals surface area contributed by atoms with Crippen LogP contribution in [0.5, 0.6) is 0 Å². The molecule has 0 aliphatic rings. The van der Waals surface area contributed by atoms with Crippen molar-refractivity contribution in [1.82, 2.24) is 14.5 Å². The van der Waals surface area contributed by atoms with Gasteiger partial charge in [0, 0.05) is 30.6 Å². The lowest BCUT2D eigenvalue weighted by molar-refractivity contribution is 0.102. The summed E-state index contributed by atoms with van der Waals surface area (Å²) >= 11 is 4.51. The van der Waals surface area contributed by atoms with E-state index in [1.807, 2.05) is 30.3 Å². The summed E-state index contributed by atoms with van der Waals surface area (Å²) < 4.78 is 26.3. The van der Waals surface area contributed by atoms with Gasteiger partial charge >= 0.3 is 0 Å². The normalized spacial score (nSPS) is 11.6. The molecule has 10 heteroatoms. The van der Waals surface area contributed by atoms with Crippen LogP contribution in [0, 0.1) is 0 Å². The topological polar surface area (TPSA) is 92.3 Å². The minimum absolute atomic E-state index is 0.0205. The molecule has 0 saturated carbocycles. The molecule has 3 aromatic rings. The second kappa shape index (κ2) is 8.48. The van der Waals surface area contributed by atoms with Crippen molar-refractivity contribution in [3.8, 4) is 0 Å². The first-order valence-electron chi connectivity index (χ1n) is 8.17. The van der Waals surface area contributed by atoms with E-state index in [1.54, 1.807) is 6.07 Å². The number of hydrogen-bond acceptors (Lipinski definition) is 6. The minimum Gasteiger partial charge on any atom is -0.296 e. The van der Waals surface area contributed by atoms with Crippen LogP contribution in [0.25, 0.3) is 0 Å². The number of halogens is 1. The molecule has 0 radical (unpaired) electrons. The third kappa shape index (κ3) is 4.64. The molecule has 0 aliphatic heterocycles. The Morgan fingerprint density at radius 1 is 1.14 bits per heavy atom. The van der Waals surface area contributed by atoms with Crippen LogP contribution >= 0.6 is 27.3 Å². The molecule has 0 aliphatic carbocycles. The Morgan fingerprint density at radius 2 is 1.86 bits per heavy atom. The van der Waals surface area contributed by atoms with E-state index in [-0.39, 0.29) is 10.5 Å². The van der Waals surface area contributed by atoms with Gasteiger partial charge in [-0.05, 0) is 39.7 Å². The Hall–Kier alpha value is -2.14. The molecule has 1 heterocycles. The Balaban J connectivity index is 1.77. The third-order valence-electron chi connectivity index (χ3n) is 3.84. The van der Waals surface area contributed by atoms with Crippen molar-refractivity contribution in [2.45, 2.75) is 11.3 Å². The average molecular weight is 481 g/mol. The highest BCUT2D eigenvalue weighted by Gasteiger charge is 2.22. The van der Waals surface area contributed by atoms with E-state index in [4.69, 9.17) is 0 Å². The van der Waals surface area contributed by atoms with Crippen molar-refractivity contribution < 1.29 is 13.2 Å². The number of anilines is 1. The molecule has 28 heavy (non-hydrogen) atoms. The Kier molecular flexibility index (Phi) is 6.23. The fourth-order valence-corrected chi connectivity index (χ4v) is 4.97. The summed E-state index contributed by atoms with van der Waals surface area (Å²) in [5.74, 6) is -0.454. The van der Waals surface area contributed by atoms with E-state index in [9.17, 15) is 13.2 Å². The highest BCUT2D eigenvalue weighted by Crippen LogP contribution is 2.26. The van der Waals surface area contributed by atoms with Gasteiger partial charge < -0.3 is 0 Å². The van der Waals surface area contributed by atoms with E-state index < -0.39 is 15.9 Å². The number of benzene rings is 2. The van der Waals surface area contributed by atoms with E-state index in [2.05, 4.69) is 31.4 Å². The summed E-state index contributed by atoms with van der Waals surface area (Å²) in [7, 11) is -0.817. The number of aromatic nitrogens is 2. The van der Waals surface area contributed by atoms with Gasteiger partial charge in [0.15, 0.2) is 0 Å². The van der Waals surface area contributed by atoms with E-state index in [0.29, 0.717) is 16.0 Å². The smallest absolute Gasteiger partial charge is 0.257 e. The highest BCUT2D eigenvalue weighted by atomic mass is 79.9. The standard InChI is InChI=1S/C18H17BrN4O3S2/c1-23(2)28(25,26)15-11-13(8-9-14(15)19)17(24)20-18-22-21-16(27-18)10-12-6-4-3-5-7-12/h3-9,11H,10H2,1-2H3,(H,20,22,24). The quantitative estimate of drug-likeness (QED) is 0.583. The number of carbonyl (C=O) groups is 1. The number of amides is 1. The zero-order chi connectivity index (χ0) is 20.3. The Labute approximate surface area is 175 Å². The van der Waals surface area contributed by atoms with E-state index in [1.165, 1.54) is 37.6 Å². The van der Waals surface area contributed by atoms with Gasteiger partial charge in [-0.25, -0.2) is 12.7 Å². The van der Waals surface area contributed by atoms with Crippen LogP contribution in [0.15, 0.2) is 57.9 Å². The Bertz CT molecular complexity index is 1100.